The van der Waals surface area contributed by atoms with Crippen molar-refractivity contribution in [1.29, 1.82) is 0 Å². The van der Waals surface area contributed by atoms with Crippen LogP contribution >= 0.6 is 11.6 Å². The third-order valence-corrected chi connectivity index (χ3v) is 2.74. The van der Waals surface area contributed by atoms with E-state index in [4.69, 9.17) is 26.8 Å². The van der Waals surface area contributed by atoms with Crippen molar-refractivity contribution in [1.82, 2.24) is 0 Å². The van der Waals surface area contributed by atoms with Crippen LogP contribution in [0.3, 0.4) is 0 Å². The third-order valence-electron chi connectivity index (χ3n) is 2.44. The summed E-state index contributed by atoms with van der Waals surface area (Å²) in [7, 11) is 1.54. The van der Waals surface area contributed by atoms with Crippen LogP contribution in [0.1, 0.15) is 27.2 Å². The summed E-state index contributed by atoms with van der Waals surface area (Å²) in [5, 5.41) is 3.36. The number of halogens is 1. The molecule has 0 bridgehead atoms. The van der Waals surface area contributed by atoms with Crippen molar-refractivity contribution in [2.24, 2.45) is 10.7 Å². The van der Waals surface area contributed by atoms with E-state index < -0.39 is 5.60 Å². The fourth-order valence-corrected chi connectivity index (χ4v) is 1.85. The van der Waals surface area contributed by atoms with Crippen LogP contribution in [0.25, 0.3) is 0 Å². The molecule has 6 nitrogen and oxygen atoms in total. The zero-order valence-corrected chi connectivity index (χ0v) is 14.0. The van der Waals surface area contributed by atoms with E-state index >= 15 is 0 Å². The Labute approximate surface area is 135 Å². The summed E-state index contributed by atoms with van der Waals surface area (Å²) in [6.45, 7) is 5.70. The highest BCUT2D eigenvalue weighted by atomic mass is 35.5. The second-order valence-corrected chi connectivity index (χ2v) is 5.98. The highest BCUT2D eigenvalue weighted by Crippen LogP contribution is 2.26. The standard InChI is InChI=1S/C15H22ClN3O3/c1-15(2,3)22-13(20)7-8-18-14(17)19-10-5-6-12(21-4)11(16)9-10/h5-6,9H,7-8H2,1-4H3,(H3,17,18,19). The molecule has 0 radical (unpaired) electrons. The van der Waals surface area contributed by atoms with Crippen molar-refractivity contribution in [3.05, 3.63) is 23.2 Å². The molecule has 0 aliphatic heterocycles. The molecule has 0 amide bonds. The van der Waals surface area contributed by atoms with Gasteiger partial charge >= 0.3 is 5.97 Å². The number of ether oxygens (including phenoxy) is 2. The number of anilines is 1. The molecule has 7 heteroatoms. The fraction of sp³-hybridized carbons (Fsp3) is 0.467. The van der Waals surface area contributed by atoms with Crippen LogP contribution in [0.4, 0.5) is 5.69 Å². The highest BCUT2D eigenvalue weighted by molar-refractivity contribution is 6.32. The van der Waals surface area contributed by atoms with Gasteiger partial charge in [-0.1, -0.05) is 11.6 Å². The number of nitrogens with zero attached hydrogens (tertiary/aromatic N) is 1. The van der Waals surface area contributed by atoms with E-state index in [-0.39, 0.29) is 24.9 Å². The molecule has 0 saturated carbocycles. The molecule has 0 aromatic heterocycles. The smallest absolute Gasteiger partial charge is 0.308 e. The first-order valence-electron chi connectivity index (χ1n) is 6.83. The molecule has 0 heterocycles. The molecular weight excluding hydrogens is 306 g/mol. The Hall–Kier alpha value is -1.95. The van der Waals surface area contributed by atoms with Gasteiger partial charge in [0.2, 0.25) is 0 Å². The van der Waals surface area contributed by atoms with E-state index in [0.29, 0.717) is 16.5 Å². The van der Waals surface area contributed by atoms with Gasteiger partial charge in [-0.25, -0.2) is 0 Å². The summed E-state index contributed by atoms with van der Waals surface area (Å²) in [4.78, 5) is 15.6. The van der Waals surface area contributed by atoms with E-state index in [1.165, 1.54) is 0 Å². The first kappa shape index (κ1) is 18.1. The molecule has 0 unspecified atom stereocenters. The molecule has 1 aromatic carbocycles. The molecule has 0 spiro atoms. The van der Waals surface area contributed by atoms with Crippen LogP contribution in [0.5, 0.6) is 5.75 Å². The zero-order chi connectivity index (χ0) is 16.8. The third kappa shape index (κ3) is 6.67. The Morgan fingerprint density at radius 2 is 2.09 bits per heavy atom. The largest absolute Gasteiger partial charge is 0.495 e. The normalized spacial score (nSPS) is 12.0. The molecule has 0 saturated heterocycles. The van der Waals surface area contributed by atoms with Crippen LogP contribution in [0.2, 0.25) is 5.02 Å². The SMILES string of the molecule is COc1ccc(NC(N)=NCCC(=O)OC(C)(C)C)cc1Cl. The second-order valence-electron chi connectivity index (χ2n) is 5.58. The number of carbonyl (C=O) groups excluding carboxylic acids is 1. The van der Waals surface area contributed by atoms with Gasteiger partial charge in [-0.05, 0) is 39.0 Å². The Kier molecular flexibility index (Phi) is 6.49. The number of nitrogens with one attached hydrogen (secondary N) is 1. The van der Waals surface area contributed by atoms with Crippen LogP contribution in [-0.4, -0.2) is 31.2 Å². The number of nitrogens with two attached hydrogens (primary N) is 1. The van der Waals surface area contributed by atoms with Gasteiger partial charge < -0.3 is 20.5 Å². The van der Waals surface area contributed by atoms with E-state index in [1.807, 2.05) is 20.8 Å². The molecule has 122 valence electrons. The predicted molar refractivity (Wildman–Crippen MR) is 88.6 cm³/mol. The Balaban J connectivity index is 2.49. The van der Waals surface area contributed by atoms with Crippen molar-refractivity contribution in [2.45, 2.75) is 32.8 Å². The Morgan fingerprint density at radius 3 is 2.64 bits per heavy atom. The van der Waals surface area contributed by atoms with E-state index in [1.54, 1.807) is 25.3 Å². The Bertz CT molecular complexity index is 553. The maximum atomic E-state index is 11.5. The zero-order valence-electron chi connectivity index (χ0n) is 13.3. The van der Waals surface area contributed by atoms with Crippen molar-refractivity contribution in [3.63, 3.8) is 0 Å². The lowest BCUT2D eigenvalue weighted by Gasteiger charge is -2.19. The van der Waals surface area contributed by atoms with E-state index in [0.717, 1.165) is 0 Å². The minimum absolute atomic E-state index is 0.170. The number of guanidine groups is 1. The molecule has 1 aromatic rings. The fourth-order valence-electron chi connectivity index (χ4n) is 1.59. The number of carbonyl (C=O) groups is 1. The van der Waals surface area contributed by atoms with E-state index in [9.17, 15) is 4.79 Å². The highest BCUT2D eigenvalue weighted by Gasteiger charge is 2.15. The number of benzene rings is 1. The van der Waals surface area contributed by atoms with Gasteiger partial charge in [0.25, 0.3) is 0 Å². The number of aliphatic imine (C=N–C) groups is 1. The number of rotatable bonds is 5. The lowest BCUT2D eigenvalue weighted by atomic mass is 10.2. The molecule has 0 fully saturated rings. The monoisotopic (exact) mass is 327 g/mol. The summed E-state index contributed by atoms with van der Waals surface area (Å²) in [6.07, 6.45) is 0.170. The van der Waals surface area contributed by atoms with Crippen LogP contribution in [0.15, 0.2) is 23.2 Å². The topological polar surface area (TPSA) is 85.9 Å². The molecule has 3 N–H and O–H groups in total. The van der Waals surface area contributed by atoms with Gasteiger partial charge in [0.1, 0.15) is 11.4 Å². The number of esters is 1. The lowest BCUT2D eigenvalue weighted by Crippen LogP contribution is -2.25. The van der Waals surface area contributed by atoms with Crippen LogP contribution in [0, 0.1) is 0 Å². The predicted octanol–water partition coefficient (Wildman–Crippen LogP) is 2.81. The Morgan fingerprint density at radius 1 is 1.41 bits per heavy atom. The molecular formula is C15H22ClN3O3. The second kappa shape index (κ2) is 7.89. The van der Waals surface area contributed by atoms with Gasteiger partial charge in [0, 0.05) is 5.69 Å². The summed E-state index contributed by atoms with van der Waals surface area (Å²) in [5.74, 6) is 0.467. The first-order valence-corrected chi connectivity index (χ1v) is 7.21. The molecule has 22 heavy (non-hydrogen) atoms. The molecule has 1 rings (SSSR count). The average molecular weight is 328 g/mol. The van der Waals surface area contributed by atoms with E-state index in [2.05, 4.69) is 10.3 Å². The van der Waals surface area contributed by atoms with Gasteiger partial charge in [0.15, 0.2) is 5.96 Å². The van der Waals surface area contributed by atoms with Crippen LogP contribution in [-0.2, 0) is 9.53 Å². The maximum Gasteiger partial charge on any atom is 0.308 e. The quantitative estimate of drug-likeness (QED) is 0.493. The van der Waals surface area contributed by atoms with Gasteiger partial charge in [-0.3, -0.25) is 9.79 Å². The van der Waals surface area contributed by atoms with Crippen LogP contribution < -0.4 is 15.8 Å². The van der Waals surface area contributed by atoms with Crippen molar-refractivity contribution >= 4 is 29.2 Å². The summed E-state index contributed by atoms with van der Waals surface area (Å²) in [5.41, 5.74) is 5.94. The average Bonchev–Trinajstić information content (AvgIpc) is 2.36. The van der Waals surface area contributed by atoms with Gasteiger partial charge in [0.05, 0.1) is 25.1 Å². The maximum absolute atomic E-state index is 11.5. The van der Waals surface area contributed by atoms with Crippen molar-refractivity contribution < 1.29 is 14.3 Å². The summed E-state index contributed by atoms with van der Waals surface area (Å²) in [6, 6.07) is 5.16. The van der Waals surface area contributed by atoms with Crippen molar-refractivity contribution in [2.75, 3.05) is 19.0 Å². The molecule has 0 aliphatic rings. The number of hydrogen-bond donors (Lipinski definition) is 2. The first-order chi connectivity index (χ1) is 10.2. The summed E-state index contributed by atoms with van der Waals surface area (Å²) >= 11 is 6.01. The molecule has 0 aliphatic carbocycles. The van der Waals surface area contributed by atoms with Crippen molar-refractivity contribution in [3.8, 4) is 5.75 Å². The lowest BCUT2D eigenvalue weighted by molar-refractivity contribution is -0.154. The van der Waals surface area contributed by atoms with Gasteiger partial charge in [-0.15, -0.1) is 0 Å². The number of methoxy groups -OCH3 is 1. The van der Waals surface area contributed by atoms with Gasteiger partial charge in [-0.2, -0.15) is 0 Å². The molecule has 0 atom stereocenters. The summed E-state index contributed by atoms with van der Waals surface area (Å²) < 4.78 is 10.2. The minimum Gasteiger partial charge on any atom is -0.495 e. The minimum atomic E-state index is -0.496. The number of hydrogen-bond acceptors (Lipinski definition) is 4.